The normalized spacial score (nSPS) is 13.1. The Kier molecular flexibility index (Phi) is 5.42. The van der Waals surface area contributed by atoms with E-state index in [9.17, 15) is 4.39 Å². The van der Waals surface area contributed by atoms with E-state index in [0.717, 1.165) is 10.9 Å². The van der Waals surface area contributed by atoms with Crippen LogP contribution < -0.4 is 5.32 Å². The summed E-state index contributed by atoms with van der Waals surface area (Å²) < 4.78 is 14.3. The monoisotopic (exact) mass is 287 g/mol. The summed E-state index contributed by atoms with van der Waals surface area (Å²) in [5, 5.41) is 3.34. The summed E-state index contributed by atoms with van der Waals surface area (Å²) in [6.07, 6.45) is 1.11. The lowest BCUT2D eigenvalue weighted by molar-refractivity contribution is 0.437. The topological polar surface area (TPSA) is 12.0 Å². The Bertz CT molecular complexity index is 339. The van der Waals surface area contributed by atoms with Crippen LogP contribution in [0.2, 0.25) is 0 Å². The van der Waals surface area contributed by atoms with Crippen LogP contribution in [0, 0.1) is 11.7 Å². The molecule has 1 unspecified atom stereocenters. The van der Waals surface area contributed by atoms with Gasteiger partial charge in [-0.3, -0.25) is 0 Å². The Morgan fingerprint density at radius 1 is 1.31 bits per heavy atom. The van der Waals surface area contributed by atoms with Gasteiger partial charge in [0.15, 0.2) is 0 Å². The van der Waals surface area contributed by atoms with Gasteiger partial charge in [0.25, 0.3) is 0 Å². The number of rotatable bonds is 5. The summed E-state index contributed by atoms with van der Waals surface area (Å²) in [7, 11) is 0. The highest BCUT2D eigenvalue weighted by atomic mass is 79.9. The predicted octanol–water partition coefficient (Wildman–Crippen LogP) is 4.11. The van der Waals surface area contributed by atoms with E-state index in [0.29, 0.717) is 24.1 Å². The maximum absolute atomic E-state index is 13.4. The van der Waals surface area contributed by atoms with E-state index in [-0.39, 0.29) is 5.82 Å². The van der Waals surface area contributed by atoms with Gasteiger partial charge in [-0.25, -0.2) is 4.39 Å². The highest BCUT2D eigenvalue weighted by Crippen LogP contribution is 2.15. The van der Waals surface area contributed by atoms with Gasteiger partial charge in [-0.05, 0) is 37.5 Å². The molecule has 0 aliphatic heterocycles. The van der Waals surface area contributed by atoms with Crippen molar-refractivity contribution in [1.82, 2.24) is 5.32 Å². The van der Waals surface area contributed by atoms with Gasteiger partial charge >= 0.3 is 0 Å². The second-order valence-corrected chi connectivity index (χ2v) is 5.56. The first kappa shape index (κ1) is 13.7. The van der Waals surface area contributed by atoms with E-state index in [1.54, 1.807) is 6.07 Å². The van der Waals surface area contributed by atoms with Crippen molar-refractivity contribution in [2.45, 2.75) is 39.8 Å². The second-order valence-electron chi connectivity index (χ2n) is 4.65. The molecule has 0 spiro atoms. The summed E-state index contributed by atoms with van der Waals surface area (Å²) in [6.45, 7) is 7.10. The molecule has 0 amide bonds. The molecule has 1 aromatic rings. The fourth-order valence-electron chi connectivity index (χ4n) is 1.75. The van der Waals surface area contributed by atoms with E-state index >= 15 is 0 Å². The average Bonchev–Trinajstić information content (AvgIpc) is 2.18. The van der Waals surface area contributed by atoms with Crippen molar-refractivity contribution in [3.8, 4) is 0 Å². The molecule has 0 heterocycles. The minimum absolute atomic E-state index is 0.146. The van der Waals surface area contributed by atoms with E-state index in [1.807, 2.05) is 6.07 Å². The molecule has 0 radical (unpaired) electrons. The largest absolute Gasteiger partial charge is 0.310 e. The fraction of sp³-hybridized carbons (Fsp3) is 0.538. The zero-order valence-electron chi connectivity index (χ0n) is 10.1. The first-order valence-electron chi connectivity index (χ1n) is 5.66. The molecule has 90 valence electrons. The summed E-state index contributed by atoms with van der Waals surface area (Å²) >= 11 is 3.35. The van der Waals surface area contributed by atoms with Gasteiger partial charge in [-0.1, -0.05) is 29.8 Å². The van der Waals surface area contributed by atoms with Gasteiger partial charge in [-0.15, -0.1) is 0 Å². The molecule has 0 aliphatic rings. The Hall–Kier alpha value is -0.410. The van der Waals surface area contributed by atoms with Crippen LogP contribution in [0.1, 0.15) is 32.8 Å². The molecule has 3 heteroatoms. The number of hydrogen-bond donors (Lipinski definition) is 1. The van der Waals surface area contributed by atoms with Crippen LogP contribution >= 0.6 is 15.9 Å². The highest BCUT2D eigenvalue weighted by Gasteiger charge is 2.07. The molecule has 0 saturated carbocycles. The SMILES string of the molecule is CC(C)CC(C)NCc1cc(Br)ccc1F. The summed E-state index contributed by atoms with van der Waals surface area (Å²) in [6, 6.07) is 5.45. The van der Waals surface area contributed by atoms with E-state index < -0.39 is 0 Å². The second kappa shape index (κ2) is 6.36. The molecule has 0 fully saturated rings. The predicted molar refractivity (Wildman–Crippen MR) is 69.9 cm³/mol. The average molecular weight is 288 g/mol. The van der Waals surface area contributed by atoms with Crippen molar-refractivity contribution in [3.63, 3.8) is 0 Å². The third-order valence-corrected chi connectivity index (χ3v) is 2.97. The molecule has 1 aromatic carbocycles. The smallest absolute Gasteiger partial charge is 0.127 e. The van der Waals surface area contributed by atoms with Crippen LogP contribution in [0.5, 0.6) is 0 Å². The summed E-state index contributed by atoms with van der Waals surface area (Å²) in [4.78, 5) is 0. The Labute approximate surface area is 106 Å². The molecule has 0 aromatic heterocycles. The van der Waals surface area contributed by atoms with Crippen molar-refractivity contribution in [3.05, 3.63) is 34.1 Å². The molecule has 1 N–H and O–H groups in total. The third-order valence-electron chi connectivity index (χ3n) is 2.47. The first-order valence-corrected chi connectivity index (χ1v) is 6.45. The highest BCUT2D eigenvalue weighted by molar-refractivity contribution is 9.10. The summed E-state index contributed by atoms with van der Waals surface area (Å²) in [5.41, 5.74) is 0.713. The van der Waals surface area contributed by atoms with Crippen molar-refractivity contribution >= 4 is 15.9 Å². The zero-order valence-corrected chi connectivity index (χ0v) is 11.6. The molecule has 16 heavy (non-hydrogen) atoms. The van der Waals surface area contributed by atoms with Crippen LogP contribution in [0.15, 0.2) is 22.7 Å². The summed E-state index contributed by atoms with van der Waals surface area (Å²) in [5.74, 6) is 0.516. The standard InChI is InChI=1S/C13H19BrFN/c1-9(2)6-10(3)16-8-11-7-12(14)4-5-13(11)15/h4-5,7,9-10,16H,6,8H2,1-3H3. The molecule has 0 bridgehead atoms. The van der Waals surface area contributed by atoms with Crippen molar-refractivity contribution in [2.75, 3.05) is 0 Å². The molecular weight excluding hydrogens is 269 g/mol. The van der Waals surface area contributed by atoms with Crippen molar-refractivity contribution in [1.29, 1.82) is 0 Å². The quantitative estimate of drug-likeness (QED) is 0.859. The molecule has 1 rings (SSSR count). The molecule has 0 saturated heterocycles. The molecule has 0 aliphatic carbocycles. The lowest BCUT2D eigenvalue weighted by Crippen LogP contribution is -2.27. The van der Waals surface area contributed by atoms with Gasteiger partial charge in [0, 0.05) is 22.6 Å². The van der Waals surface area contributed by atoms with Gasteiger partial charge in [0.05, 0.1) is 0 Å². The van der Waals surface area contributed by atoms with E-state index in [2.05, 4.69) is 42.0 Å². The molecule has 1 atom stereocenters. The van der Waals surface area contributed by atoms with Gasteiger partial charge in [0.1, 0.15) is 5.82 Å². The lowest BCUT2D eigenvalue weighted by Gasteiger charge is -2.16. The van der Waals surface area contributed by atoms with Gasteiger partial charge in [0.2, 0.25) is 0 Å². The van der Waals surface area contributed by atoms with E-state index in [1.165, 1.54) is 6.07 Å². The minimum atomic E-state index is -0.146. The van der Waals surface area contributed by atoms with Crippen molar-refractivity contribution in [2.24, 2.45) is 5.92 Å². The maximum Gasteiger partial charge on any atom is 0.127 e. The van der Waals surface area contributed by atoms with Crippen LogP contribution in [-0.2, 0) is 6.54 Å². The number of benzene rings is 1. The maximum atomic E-state index is 13.4. The fourth-order valence-corrected chi connectivity index (χ4v) is 2.16. The Morgan fingerprint density at radius 3 is 2.62 bits per heavy atom. The van der Waals surface area contributed by atoms with Crippen LogP contribution in [0.3, 0.4) is 0 Å². The lowest BCUT2D eigenvalue weighted by atomic mass is 10.1. The minimum Gasteiger partial charge on any atom is -0.310 e. The van der Waals surface area contributed by atoms with E-state index in [4.69, 9.17) is 0 Å². The van der Waals surface area contributed by atoms with Crippen LogP contribution in [0.4, 0.5) is 4.39 Å². The first-order chi connectivity index (χ1) is 7.49. The zero-order chi connectivity index (χ0) is 12.1. The Balaban J connectivity index is 2.51. The number of hydrogen-bond acceptors (Lipinski definition) is 1. The number of halogens is 2. The van der Waals surface area contributed by atoms with Crippen LogP contribution in [0.25, 0.3) is 0 Å². The van der Waals surface area contributed by atoms with Gasteiger partial charge in [-0.2, -0.15) is 0 Å². The van der Waals surface area contributed by atoms with Crippen molar-refractivity contribution < 1.29 is 4.39 Å². The third kappa shape index (κ3) is 4.62. The number of nitrogens with one attached hydrogen (secondary N) is 1. The molecular formula is C13H19BrFN. The molecule has 1 nitrogen and oxygen atoms in total. The van der Waals surface area contributed by atoms with Crippen LogP contribution in [-0.4, -0.2) is 6.04 Å². The Morgan fingerprint density at radius 2 is 2.00 bits per heavy atom. The van der Waals surface area contributed by atoms with Gasteiger partial charge < -0.3 is 5.32 Å².